The van der Waals surface area contributed by atoms with Crippen LogP contribution in [0.4, 0.5) is 0 Å². The van der Waals surface area contributed by atoms with Gasteiger partial charge in [0.05, 0.1) is 12.8 Å². The number of furan rings is 1. The molecule has 1 aromatic carbocycles. The molecule has 3 aromatic heterocycles. The van der Waals surface area contributed by atoms with Crippen LogP contribution in [0.5, 0.6) is 0 Å². The summed E-state index contributed by atoms with van der Waals surface area (Å²) >= 11 is 0. The number of nitrogens with one attached hydrogen (secondary N) is 3. The van der Waals surface area contributed by atoms with E-state index in [9.17, 15) is 0 Å². The number of hydrogen-bond acceptors (Lipinski definition) is 4. The minimum Gasteiger partial charge on any atom is -0.461 e. The standard InChI is InChI=1S/C16H15N5O/c1-3-11(12-6-7-18-13(12)4-1)9-17-10-15-19-16(21-20-15)14-5-2-8-22-14/h1-8,17-18H,9-10H2,(H,19,20,21). The molecule has 4 rings (SSSR count). The fourth-order valence-electron chi connectivity index (χ4n) is 2.51. The normalized spacial score (nSPS) is 11.3. The number of fused-ring (bicyclic) bond motifs is 1. The molecule has 0 saturated heterocycles. The third kappa shape index (κ3) is 2.40. The van der Waals surface area contributed by atoms with Gasteiger partial charge in [0.15, 0.2) is 5.76 Å². The van der Waals surface area contributed by atoms with Crippen molar-refractivity contribution < 1.29 is 4.42 Å². The van der Waals surface area contributed by atoms with E-state index < -0.39 is 0 Å². The van der Waals surface area contributed by atoms with Crippen molar-refractivity contribution in [1.82, 2.24) is 25.5 Å². The Morgan fingerprint density at radius 1 is 1.09 bits per heavy atom. The second-order valence-electron chi connectivity index (χ2n) is 5.04. The molecular weight excluding hydrogens is 278 g/mol. The van der Waals surface area contributed by atoms with Crippen molar-refractivity contribution in [2.24, 2.45) is 0 Å². The molecule has 3 heterocycles. The van der Waals surface area contributed by atoms with Gasteiger partial charge in [-0.1, -0.05) is 12.1 Å². The third-order valence-electron chi connectivity index (χ3n) is 3.57. The molecule has 0 atom stereocenters. The topological polar surface area (TPSA) is 82.5 Å². The minimum atomic E-state index is 0.578. The van der Waals surface area contributed by atoms with Crippen molar-refractivity contribution in [2.45, 2.75) is 13.1 Å². The number of H-pyrrole nitrogens is 2. The van der Waals surface area contributed by atoms with Crippen LogP contribution in [0.3, 0.4) is 0 Å². The molecule has 4 aromatic rings. The molecule has 0 spiro atoms. The Hall–Kier alpha value is -2.86. The van der Waals surface area contributed by atoms with Crippen LogP contribution >= 0.6 is 0 Å². The molecule has 6 heteroatoms. The van der Waals surface area contributed by atoms with Crippen molar-refractivity contribution in [3.63, 3.8) is 0 Å². The van der Waals surface area contributed by atoms with E-state index in [4.69, 9.17) is 4.42 Å². The summed E-state index contributed by atoms with van der Waals surface area (Å²) in [6, 6.07) is 12.0. The lowest BCUT2D eigenvalue weighted by atomic mass is 10.1. The Labute approximate surface area is 126 Å². The number of aromatic nitrogens is 4. The minimum absolute atomic E-state index is 0.578. The maximum Gasteiger partial charge on any atom is 0.216 e. The number of rotatable bonds is 5. The van der Waals surface area contributed by atoms with Crippen LogP contribution in [-0.2, 0) is 13.1 Å². The van der Waals surface area contributed by atoms with Gasteiger partial charge in [-0.3, -0.25) is 5.10 Å². The largest absolute Gasteiger partial charge is 0.461 e. The molecule has 6 nitrogen and oxygen atoms in total. The molecule has 0 aliphatic carbocycles. The van der Waals surface area contributed by atoms with E-state index >= 15 is 0 Å². The number of nitrogens with zero attached hydrogens (tertiary/aromatic N) is 2. The maximum absolute atomic E-state index is 5.28. The molecule has 0 amide bonds. The van der Waals surface area contributed by atoms with Crippen LogP contribution < -0.4 is 5.32 Å². The second-order valence-corrected chi connectivity index (χ2v) is 5.04. The average molecular weight is 293 g/mol. The first-order chi connectivity index (χ1) is 10.9. The molecule has 22 heavy (non-hydrogen) atoms. The highest BCUT2D eigenvalue weighted by Gasteiger charge is 2.08. The van der Waals surface area contributed by atoms with Crippen molar-refractivity contribution in [3.05, 3.63) is 60.2 Å². The van der Waals surface area contributed by atoms with Gasteiger partial charge in [-0.25, -0.2) is 4.98 Å². The molecule has 0 unspecified atom stereocenters. The molecule has 0 saturated carbocycles. The van der Waals surface area contributed by atoms with Crippen LogP contribution in [-0.4, -0.2) is 20.2 Å². The lowest BCUT2D eigenvalue weighted by Crippen LogP contribution is -2.13. The van der Waals surface area contributed by atoms with Gasteiger partial charge in [-0.05, 0) is 29.8 Å². The van der Waals surface area contributed by atoms with E-state index in [0.29, 0.717) is 18.1 Å². The molecule has 110 valence electrons. The van der Waals surface area contributed by atoms with E-state index in [0.717, 1.165) is 17.9 Å². The van der Waals surface area contributed by atoms with Crippen LogP contribution in [0.1, 0.15) is 11.4 Å². The van der Waals surface area contributed by atoms with Gasteiger partial charge < -0.3 is 14.7 Å². The van der Waals surface area contributed by atoms with E-state index in [1.54, 1.807) is 6.26 Å². The summed E-state index contributed by atoms with van der Waals surface area (Å²) in [5.74, 6) is 2.03. The van der Waals surface area contributed by atoms with Crippen molar-refractivity contribution in [3.8, 4) is 11.6 Å². The zero-order valence-corrected chi connectivity index (χ0v) is 11.8. The zero-order chi connectivity index (χ0) is 14.8. The summed E-state index contributed by atoms with van der Waals surface area (Å²) in [7, 11) is 0. The number of aromatic amines is 2. The first-order valence-electron chi connectivity index (χ1n) is 7.11. The summed E-state index contributed by atoms with van der Waals surface area (Å²) in [6.45, 7) is 1.39. The lowest BCUT2D eigenvalue weighted by molar-refractivity contribution is 0.577. The maximum atomic E-state index is 5.28. The Morgan fingerprint density at radius 3 is 3.00 bits per heavy atom. The average Bonchev–Trinajstić information content (AvgIpc) is 3.28. The van der Waals surface area contributed by atoms with Gasteiger partial charge in [-0.15, -0.1) is 5.10 Å². The van der Waals surface area contributed by atoms with Crippen LogP contribution in [0.2, 0.25) is 0 Å². The number of hydrogen-bond donors (Lipinski definition) is 3. The molecule has 0 fully saturated rings. The van der Waals surface area contributed by atoms with Crippen molar-refractivity contribution in [2.75, 3.05) is 0 Å². The summed E-state index contributed by atoms with van der Waals surface area (Å²) in [5.41, 5.74) is 2.41. The SMILES string of the molecule is c1coc(-c2n[nH]c(CNCc3cccc4[nH]ccc34)n2)c1. The Kier molecular flexibility index (Phi) is 3.21. The predicted octanol–water partition coefficient (Wildman–Crippen LogP) is 2.84. The van der Waals surface area contributed by atoms with Crippen LogP contribution in [0.25, 0.3) is 22.5 Å². The molecule has 0 radical (unpaired) electrons. The number of benzene rings is 1. The van der Waals surface area contributed by atoms with Gasteiger partial charge in [0.25, 0.3) is 0 Å². The molecule has 0 aliphatic rings. The zero-order valence-electron chi connectivity index (χ0n) is 11.8. The van der Waals surface area contributed by atoms with Gasteiger partial charge in [0.2, 0.25) is 5.82 Å². The molecule has 3 N–H and O–H groups in total. The molecule has 0 bridgehead atoms. The lowest BCUT2D eigenvalue weighted by Gasteiger charge is -2.04. The summed E-state index contributed by atoms with van der Waals surface area (Å²) in [6.07, 6.45) is 3.57. The molecule has 0 aliphatic heterocycles. The third-order valence-corrected chi connectivity index (χ3v) is 3.57. The van der Waals surface area contributed by atoms with Gasteiger partial charge in [-0.2, -0.15) is 0 Å². The van der Waals surface area contributed by atoms with E-state index in [-0.39, 0.29) is 0 Å². The van der Waals surface area contributed by atoms with E-state index in [1.165, 1.54) is 10.9 Å². The Morgan fingerprint density at radius 2 is 2.09 bits per heavy atom. The first-order valence-corrected chi connectivity index (χ1v) is 7.11. The predicted molar refractivity (Wildman–Crippen MR) is 82.9 cm³/mol. The van der Waals surface area contributed by atoms with Crippen molar-refractivity contribution >= 4 is 10.9 Å². The van der Waals surface area contributed by atoms with Gasteiger partial charge >= 0.3 is 0 Å². The summed E-state index contributed by atoms with van der Waals surface area (Å²) in [5, 5.41) is 11.7. The van der Waals surface area contributed by atoms with Gasteiger partial charge in [0, 0.05) is 23.6 Å². The fraction of sp³-hybridized carbons (Fsp3) is 0.125. The Balaban J connectivity index is 1.42. The van der Waals surface area contributed by atoms with E-state index in [1.807, 2.05) is 18.3 Å². The molecular formula is C16H15N5O. The quantitative estimate of drug-likeness (QED) is 0.528. The van der Waals surface area contributed by atoms with Crippen LogP contribution in [0, 0.1) is 0 Å². The summed E-state index contributed by atoms with van der Waals surface area (Å²) < 4.78 is 5.28. The highest BCUT2D eigenvalue weighted by Crippen LogP contribution is 2.17. The monoisotopic (exact) mass is 293 g/mol. The Bertz CT molecular complexity index is 875. The second kappa shape index (κ2) is 5.50. The van der Waals surface area contributed by atoms with Crippen molar-refractivity contribution in [1.29, 1.82) is 0 Å². The van der Waals surface area contributed by atoms with Gasteiger partial charge in [0.1, 0.15) is 5.82 Å². The summed E-state index contributed by atoms with van der Waals surface area (Å²) in [4.78, 5) is 7.63. The highest BCUT2D eigenvalue weighted by molar-refractivity contribution is 5.82. The highest BCUT2D eigenvalue weighted by atomic mass is 16.3. The van der Waals surface area contributed by atoms with Crippen LogP contribution in [0.15, 0.2) is 53.3 Å². The van der Waals surface area contributed by atoms with E-state index in [2.05, 4.69) is 49.7 Å². The first kappa shape index (κ1) is 12.8. The smallest absolute Gasteiger partial charge is 0.216 e. The fourth-order valence-corrected chi connectivity index (χ4v) is 2.51.